The second-order valence-electron chi connectivity index (χ2n) is 13.3. The minimum Gasteiger partial charge on any atom is -0.309 e. The summed E-state index contributed by atoms with van der Waals surface area (Å²) in [4.78, 5) is 10.5. The van der Waals surface area contributed by atoms with Crippen molar-refractivity contribution in [3.8, 4) is 34.0 Å². The van der Waals surface area contributed by atoms with Crippen LogP contribution in [0, 0.1) is 13.8 Å². The Bertz CT molecular complexity index is 2930. The first-order valence-corrected chi connectivity index (χ1v) is 17.1. The number of rotatable bonds is 4. The molecule has 0 spiro atoms. The number of aromatic nitrogens is 4. The van der Waals surface area contributed by atoms with E-state index in [0.717, 1.165) is 38.9 Å². The molecule has 0 fully saturated rings. The number of nitrogens with zero attached hydrogens (tertiary/aromatic N) is 4. The van der Waals surface area contributed by atoms with E-state index in [9.17, 15) is 0 Å². The van der Waals surface area contributed by atoms with E-state index >= 15 is 0 Å². The van der Waals surface area contributed by atoms with Crippen LogP contribution < -0.4 is 0 Å². The van der Waals surface area contributed by atoms with Crippen LogP contribution in [0.3, 0.4) is 0 Å². The monoisotopic (exact) mass is 640 g/mol. The molecular formula is C46H32N4. The average molecular weight is 641 g/mol. The third-order valence-electron chi connectivity index (χ3n) is 9.98. The van der Waals surface area contributed by atoms with Crippen LogP contribution in [-0.4, -0.2) is 19.1 Å². The van der Waals surface area contributed by atoms with Crippen molar-refractivity contribution in [1.29, 1.82) is 0 Å². The lowest BCUT2D eigenvalue weighted by Gasteiger charge is -2.13. The zero-order valence-corrected chi connectivity index (χ0v) is 27.8. The predicted molar refractivity (Wildman–Crippen MR) is 209 cm³/mol. The molecule has 0 aliphatic carbocycles. The van der Waals surface area contributed by atoms with Gasteiger partial charge in [0.25, 0.3) is 0 Å². The van der Waals surface area contributed by atoms with Gasteiger partial charge < -0.3 is 4.57 Å². The summed E-state index contributed by atoms with van der Waals surface area (Å²) >= 11 is 0. The van der Waals surface area contributed by atoms with Crippen LogP contribution >= 0.6 is 0 Å². The van der Waals surface area contributed by atoms with E-state index in [1.54, 1.807) is 0 Å². The summed E-state index contributed by atoms with van der Waals surface area (Å²) in [6.07, 6.45) is 0. The van der Waals surface area contributed by atoms with Crippen molar-refractivity contribution in [2.75, 3.05) is 0 Å². The van der Waals surface area contributed by atoms with Crippen molar-refractivity contribution in [1.82, 2.24) is 19.1 Å². The summed E-state index contributed by atoms with van der Waals surface area (Å²) in [5.74, 6) is 0.673. The van der Waals surface area contributed by atoms with Gasteiger partial charge in [0.1, 0.15) is 0 Å². The minimum atomic E-state index is 0.673. The molecule has 0 N–H and O–H groups in total. The summed E-state index contributed by atoms with van der Waals surface area (Å²) in [6.45, 7) is 4.29. The Morgan fingerprint density at radius 2 is 0.900 bits per heavy atom. The molecule has 4 nitrogen and oxygen atoms in total. The molecule has 3 aromatic heterocycles. The second-order valence-corrected chi connectivity index (χ2v) is 13.3. The van der Waals surface area contributed by atoms with Crippen molar-refractivity contribution >= 4 is 54.5 Å². The molecule has 0 amide bonds. The molecule has 0 saturated heterocycles. The Hall–Kier alpha value is -6.52. The van der Waals surface area contributed by atoms with Crippen molar-refractivity contribution in [2.24, 2.45) is 0 Å². The van der Waals surface area contributed by atoms with Crippen LogP contribution in [0.25, 0.3) is 88.5 Å². The standard InChI is InChI=1S/C46H32N4/c1-29-24-30(2)26-33(25-29)45-37-16-6-9-17-40(37)47-46(48-45)50-42-19-11-8-15-36(42)39-28-32(21-23-44(39)50)31-20-22-43-38(27-31)35-14-7-10-18-41(35)49(43)34-12-4-3-5-13-34/h3-28H,1-2H3. The largest absolute Gasteiger partial charge is 0.309 e. The van der Waals surface area contributed by atoms with Gasteiger partial charge in [-0.25, -0.2) is 9.97 Å². The summed E-state index contributed by atoms with van der Waals surface area (Å²) in [6, 6.07) is 56.6. The number of aryl methyl sites for hydroxylation is 2. The van der Waals surface area contributed by atoms with Gasteiger partial charge in [-0.1, -0.05) is 102 Å². The Morgan fingerprint density at radius 1 is 0.380 bits per heavy atom. The van der Waals surface area contributed by atoms with Gasteiger partial charge in [-0.3, -0.25) is 4.57 Å². The molecule has 0 saturated carbocycles. The minimum absolute atomic E-state index is 0.673. The van der Waals surface area contributed by atoms with Crippen LogP contribution in [0.2, 0.25) is 0 Å². The number of hydrogen-bond donors (Lipinski definition) is 0. The van der Waals surface area contributed by atoms with Crippen LogP contribution in [0.15, 0.2) is 158 Å². The van der Waals surface area contributed by atoms with Gasteiger partial charge in [0.2, 0.25) is 5.95 Å². The Kier molecular flexibility index (Phi) is 6.27. The van der Waals surface area contributed by atoms with Gasteiger partial charge in [-0.15, -0.1) is 0 Å². The lowest BCUT2D eigenvalue weighted by molar-refractivity contribution is 1.01. The summed E-state index contributed by atoms with van der Waals surface area (Å²) in [5, 5.41) is 5.89. The second kappa shape index (κ2) is 11.0. The first-order valence-electron chi connectivity index (χ1n) is 17.1. The predicted octanol–water partition coefficient (Wildman–Crippen LogP) is 11.8. The quantitative estimate of drug-likeness (QED) is 0.192. The molecule has 7 aromatic carbocycles. The zero-order chi connectivity index (χ0) is 33.3. The fourth-order valence-corrected chi connectivity index (χ4v) is 7.87. The SMILES string of the molecule is Cc1cc(C)cc(-c2nc(-n3c4ccccc4c4cc(-c5ccc6c(c5)c5ccccc5n6-c5ccccc5)ccc43)nc3ccccc23)c1. The van der Waals surface area contributed by atoms with E-state index in [2.05, 4.69) is 181 Å². The number of hydrogen-bond acceptors (Lipinski definition) is 2. The molecule has 0 atom stereocenters. The van der Waals surface area contributed by atoms with Gasteiger partial charge in [-0.05, 0) is 91.7 Å². The van der Waals surface area contributed by atoms with Gasteiger partial charge >= 0.3 is 0 Å². The first kappa shape index (κ1) is 28.5. The first-order chi connectivity index (χ1) is 24.6. The fourth-order valence-electron chi connectivity index (χ4n) is 7.87. The lowest BCUT2D eigenvalue weighted by Crippen LogP contribution is -2.03. The van der Waals surface area contributed by atoms with Crippen molar-refractivity contribution in [3.05, 3.63) is 169 Å². The van der Waals surface area contributed by atoms with Crippen LogP contribution in [-0.2, 0) is 0 Å². The van der Waals surface area contributed by atoms with Gasteiger partial charge in [-0.2, -0.15) is 0 Å². The summed E-state index contributed by atoms with van der Waals surface area (Å²) in [7, 11) is 0. The van der Waals surface area contributed by atoms with Crippen molar-refractivity contribution in [2.45, 2.75) is 13.8 Å². The molecule has 236 valence electrons. The lowest BCUT2D eigenvalue weighted by atomic mass is 10.0. The highest BCUT2D eigenvalue weighted by Gasteiger charge is 2.19. The molecule has 0 unspecified atom stereocenters. The van der Waals surface area contributed by atoms with Crippen LogP contribution in [0.4, 0.5) is 0 Å². The number of fused-ring (bicyclic) bond motifs is 7. The van der Waals surface area contributed by atoms with Crippen LogP contribution in [0.5, 0.6) is 0 Å². The van der Waals surface area contributed by atoms with Crippen molar-refractivity contribution in [3.63, 3.8) is 0 Å². The van der Waals surface area contributed by atoms with E-state index in [1.165, 1.54) is 54.8 Å². The molecule has 0 bridgehead atoms. The maximum atomic E-state index is 5.32. The smallest absolute Gasteiger partial charge is 0.235 e. The molecule has 0 radical (unpaired) electrons. The molecule has 4 heteroatoms. The van der Waals surface area contributed by atoms with E-state index in [4.69, 9.17) is 9.97 Å². The van der Waals surface area contributed by atoms with Crippen LogP contribution in [0.1, 0.15) is 11.1 Å². The Labute approximate surface area is 289 Å². The summed E-state index contributed by atoms with van der Waals surface area (Å²) < 4.78 is 4.59. The van der Waals surface area contributed by atoms with Crippen molar-refractivity contribution < 1.29 is 0 Å². The van der Waals surface area contributed by atoms with E-state index in [0.29, 0.717) is 5.95 Å². The van der Waals surface area contributed by atoms with Gasteiger partial charge in [0.05, 0.1) is 33.3 Å². The highest BCUT2D eigenvalue weighted by molar-refractivity contribution is 6.12. The normalized spacial score (nSPS) is 11.8. The zero-order valence-electron chi connectivity index (χ0n) is 27.8. The Morgan fingerprint density at radius 3 is 1.56 bits per heavy atom. The molecule has 10 aromatic rings. The highest BCUT2D eigenvalue weighted by Crippen LogP contribution is 2.38. The highest BCUT2D eigenvalue weighted by atomic mass is 15.2. The van der Waals surface area contributed by atoms with Gasteiger partial charge in [0, 0.05) is 38.2 Å². The maximum absolute atomic E-state index is 5.32. The van der Waals surface area contributed by atoms with E-state index in [1.807, 2.05) is 0 Å². The number of benzene rings is 7. The molecule has 10 rings (SSSR count). The molecular weight excluding hydrogens is 609 g/mol. The van der Waals surface area contributed by atoms with E-state index in [-0.39, 0.29) is 0 Å². The Balaban J connectivity index is 1.18. The topological polar surface area (TPSA) is 35.6 Å². The molecule has 50 heavy (non-hydrogen) atoms. The van der Waals surface area contributed by atoms with E-state index < -0.39 is 0 Å². The summed E-state index contributed by atoms with van der Waals surface area (Å²) in [5.41, 5.74) is 13.5. The molecule has 0 aliphatic heterocycles. The fraction of sp³-hybridized carbons (Fsp3) is 0.0435. The third kappa shape index (κ3) is 4.39. The maximum Gasteiger partial charge on any atom is 0.235 e. The molecule has 0 aliphatic rings. The number of para-hydroxylation sites is 4. The third-order valence-corrected chi connectivity index (χ3v) is 9.98. The van der Waals surface area contributed by atoms with Gasteiger partial charge in [0.15, 0.2) is 0 Å². The molecule has 3 heterocycles. The average Bonchev–Trinajstić information content (AvgIpc) is 3.66.